The Bertz CT molecular complexity index is 786. The van der Waals surface area contributed by atoms with Gasteiger partial charge in [-0.15, -0.1) is 0 Å². The molecule has 0 unspecified atom stereocenters. The second-order valence-electron chi connectivity index (χ2n) is 4.78. The third kappa shape index (κ3) is 3.81. The van der Waals surface area contributed by atoms with Crippen molar-refractivity contribution in [3.8, 4) is 11.6 Å². The van der Waals surface area contributed by atoms with Crippen LogP contribution in [0.1, 0.15) is 10.4 Å². The molecular weight excluding hydrogens is 358 g/mol. The molecule has 0 radical (unpaired) electrons. The summed E-state index contributed by atoms with van der Waals surface area (Å²) in [4.78, 5) is 24.7. The quantitative estimate of drug-likeness (QED) is 0.747. The summed E-state index contributed by atoms with van der Waals surface area (Å²) >= 11 is 3.35. The number of carbonyl (C=O) groups excluding carboxylic acids is 1. The van der Waals surface area contributed by atoms with E-state index in [1.165, 1.54) is 0 Å². The van der Waals surface area contributed by atoms with Crippen molar-refractivity contribution in [1.82, 2.24) is 24.8 Å². The van der Waals surface area contributed by atoms with Crippen LogP contribution in [0.15, 0.2) is 59.6 Å². The molecule has 1 amide bonds. The molecule has 1 aromatic carbocycles. The lowest BCUT2D eigenvalue weighted by Crippen LogP contribution is -2.27. The van der Waals surface area contributed by atoms with Gasteiger partial charge in [0.15, 0.2) is 11.6 Å². The van der Waals surface area contributed by atoms with Crippen LogP contribution >= 0.6 is 15.9 Å². The van der Waals surface area contributed by atoms with E-state index in [0.717, 1.165) is 4.47 Å². The second-order valence-corrected chi connectivity index (χ2v) is 5.70. The fourth-order valence-corrected chi connectivity index (χ4v) is 2.37. The van der Waals surface area contributed by atoms with Gasteiger partial charge in [0, 0.05) is 47.9 Å². The molecule has 0 aliphatic carbocycles. The largest absolute Gasteiger partial charge is 0.350 e. The zero-order valence-electron chi connectivity index (χ0n) is 12.2. The zero-order valence-corrected chi connectivity index (χ0v) is 13.8. The first-order chi connectivity index (χ1) is 11.2. The third-order valence-electron chi connectivity index (χ3n) is 3.23. The first-order valence-corrected chi connectivity index (χ1v) is 7.85. The number of hydrogen-bond donors (Lipinski definition) is 1. The molecule has 0 atom stereocenters. The van der Waals surface area contributed by atoms with Crippen molar-refractivity contribution in [2.75, 3.05) is 6.54 Å². The van der Waals surface area contributed by atoms with Crippen molar-refractivity contribution < 1.29 is 4.79 Å². The lowest BCUT2D eigenvalue weighted by atomic mass is 10.2. The zero-order chi connectivity index (χ0) is 16.1. The van der Waals surface area contributed by atoms with E-state index in [1.54, 1.807) is 36.8 Å². The molecule has 3 rings (SSSR count). The summed E-state index contributed by atoms with van der Waals surface area (Å²) in [6.45, 7) is 1.08. The number of nitrogens with zero attached hydrogens (tertiary/aromatic N) is 4. The summed E-state index contributed by atoms with van der Waals surface area (Å²) in [5.41, 5.74) is 0.630. The molecule has 6 nitrogen and oxygen atoms in total. The lowest BCUT2D eigenvalue weighted by Gasteiger charge is -2.08. The van der Waals surface area contributed by atoms with Crippen molar-refractivity contribution in [3.05, 3.63) is 65.2 Å². The predicted molar refractivity (Wildman–Crippen MR) is 89.7 cm³/mol. The van der Waals surface area contributed by atoms with Gasteiger partial charge in [0.2, 0.25) is 0 Å². The maximum atomic E-state index is 12.1. The Hall–Kier alpha value is -2.54. The SMILES string of the molecule is O=C(NCCn1ccnc1-c1ncccn1)c1ccc(Br)cc1. The molecule has 0 aliphatic heterocycles. The van der Waals surface area contributed by atoms with Crippen LogP contribution in [0.5, 0.6) is 0 Å². The number of imidazole rings is 1. The molecule has 0 aliphatic rings. The van der Waals surface area contributed by atoms with E-state index in [2.05, 4.69) is 36.2 Å². The highest BCUT2D eigenvalue weighted by Crippen LogP contribution is 2.11. The van der Waals surface area contributed by atoms with E-state index < -0.39 is 0 Å². The number of aromatic nitrogens is 4. The number of benzene rings is 1. The van der Waals surface area contributed by atoms with E-state index in [4.69, 9.17) is 0 Å². The van der Waals surface area contributed by atoms with E-state index in [-0.39, 0.29) is 5.91 Å². The van der Waals surface area contributed by atoms with Crippen LogP contribution in [0.25, 0.3) is 11.6 Å². The van der Waals surface area contributed by atoms with Gasteiger partial charge < -0.3 is 9.88 Å². The van der Waals surface area contributed by atoms with E-state index in [9.17, 15) is 4.79 Å². The van der Waals surface area contributed by atoms with Crippen LogP contribution < -0.4 is 5.32 Å². The van der Waals surface area contributed by atoms with Gasteiger partial charge in [-0.1, -0.05) is 15.9 Å². The Labute approximate surface area is 141 Å². The highest BCUT2D eigenvalue weighted by molar-refractivity contribution is 9.10. The van der Waals surface area contributed by atoms with Crippen molar-refractivity contribution in [3.63, 3.8) is 0 Å². The van der Waals surface area contributed by atoms with Gasteiger partial charge in [-0.2, -0.15) is 0 Å². The van der Waals surface area contributed by atoms with Gasteiger partial charge in [-0.3, -0.25) is 4.79 Å². The van der Waals surface area contributed by atoms with Crippen LogP contribution in [0, 0.1) is 0 Å². The van der Waals surface area contributed by atoms with Gasteiger partial charge in [-0.05, 0) is 30.3 Å². The molecule has 7 heteroatoms. The maximum absolute atomic E-state index is 12.1. The van der Waals surface area contributed by atoms with Gasteiger partial charge in [0.1, 0.15) is 0 Å². The topological polar surface area (TPSA) is 72.7 Å². The summed E-state index contributed by atoms with van der Waals surface area (Å²) in [6.07, 6.45) is 6.90. The summed E-state index contributed by atoms with van der Waals surface area (Å²) in [7, 11) is 0. The summed E-state index contributed by atoms with van der Waals surface area (Å²) in [5.74, 6) is 1.15. The minimum absolute atomic E-state index is 0.102. The number of nitrogens with one attached hydrogen (secondary N) is 1. The Morgan fingerprint density at radius 3 is 2.57 bits per heavy atom. The predicted octanol–water partition coefficient (Wildman–Crippen LogP) is 2.53. The monoisotopic (exact) mass is 371 g/mol. The molecule has 0 saturated carbocycles. The Balaban J connectivity index is 1.60. The number of hydrogen-bond acceptors (Lipinski definition) is 4. The fourth-order valence-electron chi connectivity index (χ4n) is 2.10. The van der Waals surface area contributed by atoms with E-state index >= 15 is 0 Å². The molecule has 0 spiro atoms. The highest BCUT2D eigenvalue weighted by atomic mass is 79.9. The van der Waals surface area contributed by atoms with Crippen LogP contribution in [0.3, 0.4) is 0 Å². The molecule has 0 saturated heterocycles. The minimum Gasteiger partial charge on any atom is -0.350 e. The van der Waals surface area contributed by atoms with Crippen molar-refractivity contribution in [2.45, 2.75) is 6.54 Å². The fraction of sp³-hybridized carbons (Fsp3) is 0.125. The van der Waals surface area contributed by atoms with Crippen LogP contribution in [0.2, 0.25) is 0 Å². The standard InChI is InChI=1S/C16H14BrN5O/c17-13-4-2-12(3-5-13)16(23)21-9-11-22-10-8-20-15(22)14-18-6-1-7-19-14/h1-8,10H,9,11H2,(H,21,23). The van der Waals surface area contributed by atoms with Gasteiger partial charge in [0.05, 0.1) is 0 Å². The summed E-state index contributed by atoms with van der Waals surface area (Å²) in [6, 6.07) is 9.00. The second kappa shape index (κ2) is 7.15. The van der Waals surface area contributed by atoms with Crippen molar-refractivity contribution >= 4 is 21.8 Å². The molecule has 116 valence electrons. The molecular formula is C16H14BrN5O. The number of carbonyl (C=O) groups is 1. The Morgan fingerprint density at radius 1 is 1.09 bits per heavy atom. The average molecular weight is 372 g/mol. The van der Waals surface area contributed by atoms with E-state index in [1.807, 2.05) is 22.9 Å². The Kier molecular flexibility index (Phi) is 4.77. The van der Waals surface area contributed by atoms with Crippen molar-refractivity contribution in [1.29, 1.82) is 0 Å². The van der Waals surface area contributed by atoms with Crippen LogP contribution in [-0.4, -0.2) is 32.0 Å². The molecule has 23 heavy (non-hydrogen) atoms. The minimum atomic E-state index is -0.102. The molecule has 0 bridgehead atoms. The molecule has 2 heterocycles. The van der Waals surface area contributed by atoms with Gasteiger partial charge in [0.25, 0.3) is 5.91 Å². The summed E-state index contributed by atoms with van der Waals surface area (Å²) < 4.78 is 2.86. The van der Waals surface area contributed by atoms with Gasteiger partial charge >= 0.3 is 0 Å². The maximum Gasteiger partial charge on any atom is 0.251 e. The van der Waals surface area contributed by atoms with Crippen LogP contribution in [-0.2, 0) is 6.54 Å². The van der Waals surface area contributed by atoms with Gasteiger partial charge in [-0.25, -0.2) is 15.0 Å². The van der Waals surface area contributed by atoms with E-state index in [0.29, 0.717) is 30.3 Å². The number of amides is 1. The van der Waals surface area contributed by atoms with Crippen molar-refractivity contribution in [2.24, 2.45) is 0 Å². The third-order valence-corrected chi connectivity index (χ3v) is 3.75. The highest BCUT2D eigenvalue weighted by Gasteiger charge is 2.09. The first-order valence-electron chi connectivity index (χ1n) is 7.06. The van der Waals surface area contributed by atoms with Crippen LogP contribution in [0.4, 0.5) is 0 Å². The molecule has 0 fully saturated rings. The smallest absolute Gasteiger partial charge is 0.251 e. The number of rotatable bonds is 5. The molecule has 2 aromatic heterocycles. The number of halogens is 1. The first kappa shape index (κ1) is 15.4. The average Bonchev–Trinajstić information content (AvgIpc) is 3.05. The molecule has 1 N–H and O–H groups in total. The summed E-state index contributed by atoms with van der Waals surface area (Å²) in [5, 5.41) is 2.89. The lowest BCUT2D eigenvalue weighted by molar-refractivity contribution is 0.0952. The normalized spacial score (nSPS) is 10.5. The molecule has 3 aromatic rings. The Morgan fingerprint density at radius 2 is 1.83 bits per heavy atom.